The van der Waals surface area contributed by atoms with Gasteiger partial charge in [-0.15, -0.1) is 0 Å². The van der Waals surface area contributed by atoms with Crippen LogP contribution in [0.2, 0.25) is 0 Å². The lowest BCUT2D eigenvalue weighted by molar-refractivity contribution is -0.121. The third-order valence-corrected chi connectivity index (χ3v) is 4.40. The fourth-order valence-electron chi connectivity index (χ4n) is 2.87. The van der Waals surface area contributed by atoms with E-state index in [9.17, 15) is 4.79 Å². The van der Waals surface area contributed by atoms with E-state index in [0.29, 0.717) is 12.2 Å². The van der Waals surface area contributed by atoms with Crippen molar-refractivity contribution in [3.8, 4) is 0 Å². The Kier molecular flexibility index (Phi) is 3.74. The summed E-state index contributed by atoms with van der Waals surface area (Å²) >= 11 is 0. The first-order chi connectivity index (χ1) is 10.2. The number of ketones is 1. The van der Waals surface area contributed by atoms with Crippen molar-refractivity contribution in [3.05, 3.63) is 60.2 Å². The molecule has 0 radical (unpaired) electrons. The van der Waals surface area contributed by atoms with E-state index >= 15 is 0 Å². The second kappa shape index (κ2) is 5.69. The van der Waals surface area contributed by atoms with Crippen LogP contribution in [0.15, 0.2) is 54.6 Å². The Balaban J connectivity index is 2.23. The van der Waals surface area contributed by atoms with Crippen LogP contribution in [0.4, 0.5) is 0 Å². The van der Waals surface area contributed by atoms with Gasteiger partial charge >= 0.3 is 0 Å². The normalized spacial score (nSPS) is 12.7. The summed E-state index contributed by atoms with van der Waals surface area (Å²) in [7, 11) is 0. The number of hydrogen-bond donors (Lipinski definition) is 0. The fourth-order valence-corrected chi connectivity index (χ4v) is 2.87. The Hall–Kier alpha value is -2.15. The van der Waals surface area contributed by atoms with E-state index < -0.39 is 0 Å². The molecule has 3 aromatic rings. The highest BCUT2D eigenvalue weighted by molar-refractivity contribution is 6.04. The Labute approximate surface area is 125 Å². The summed E-state index contributed by atoms with van der Waals surface area (Å²) in [6, 6.07) is 18.9. The summed E-state index contributed by atoms with van der Waals surface area (Å²) in [6.07, 6.45) is 1.43. The van der Waals surface area contributed by atoms with Crippen LogP contribution in [0.25, 0.3) is 21.5 Å². The van der Waals surface area contributed by atoms with Gasteiger partial charge in [0.05, 0.1) is 0 Å². The van der Waals surface area contributed by atoms with Crippen LogP contribution < -0.4 is 0 Å². The van der Waals surface area contributed by atoms with E-state index in [4.69, 9.17) is 0 Å². The molecule has 0 aliphatic rings. The molecule has 1 nitrogen and oxygen atoms in total. The first kappa shape index (κ1) is 13.8. The quantitative estimate of drug-likeness (QED) is 0.602. The molecular formula is C20H20O. The molecule has 0 saturated heterocycles. The molecule has 0 bridgehead atoms. The molecule has 21 heavy (non-hydrogen) atoms. The second-order valence-corrected chi connectivity index (χ2v) is 5.75. The van der Waals surface area contributed by atoms with Gasteiger partial charge in [0, 0.05) is 12.3 Å². The van der Waals surface area contributed by atoms with Crippen molar-refractivity contribution >= 4 is 27.3 Å². The second-order valence-electron chi connectivity index (χ2n) is 5.75. The van der Waals surface area contributed by atoms with Crippen LogP contribution in [0.5, 0.6) is 0 Å². The summed E-state index contributed by atoms with van der Waals surface area (Å²) in [5.74, 6) is 0.460. The topological polar surface area (TPSA) is 17.1 Å². The van der Waals surface area contributed by atoms with E-state index in [1.807, 2.05) is 19.1 Å². The minimum Gasteiger partial charge on any atom is -0.299 e. The smallest absolute Gasteiger partial charge is 0.140 e. The van der Waals surface area contributed by atoms with Crippen LogP contribution in [0, 0.1) is 5.92 Å². The lowest BCUT2D eigenvalue weighted by Gasteiger charge is -2.13. The average molecular weight is 276 g/mol. The predicted molar refractivity (Wildman–Crippen MR) is 89.6 cm³/mol. The number of fused-ring (bicyclic) bond motifs is 2. The fraction of sp³-hybridized carbons (Fsp3) is 0.250. The maximum absolute atomic E-state index is 12.4. The number of carbonyl (C=O) groups is 1. The van der Waals surface area contributed by atoms with Crippen molar-refractivity contribution in [2.75, 3.05) is 0 Å². The SMILES string of the molecule is CCC(C)C(=O)Cc1c2ccccc2cc2ccccc12. The zero-order valence-electron chi connectivity index (χ0n) is 12.6. The molecule has 106 valence electrons. The Morgan fingerprint density at radius 3 is 2.00 bits per heavy atom. The maximum Gasteiger partial charge on any atom is 0.140 e. The summed E-state index contributed by atoms with van der Waals surface area (Å²) in [5.41, 5.74) is 1.18. The van der Waals surface area contributed by atoms with Crippen molar-refractivity contribution in [2.45, 2.75) is 26.7 Å². The van der Waals surface area contributed by atoms with E-state index in [1.165, 1.54) is 27.1 Å². The maximum atomic E-state index is 12.4. The van der Waals surface area contributed by atoms with Crippen molar-refractivity contribution in [1.82, 2.24) is 0 Å². The molecule has 0 saturated carbocycles. The highest BCUT2D eigenvalue weighted by atomic mass is 16.1. The molecule has 0 aliphatic carbocycles. The number of Topliss-reactive ketones (excluding diaryl/α,β-unsaturated/α-hetero) is 1. The molecule has 3 rings (SSSR count). The average Bonchev–Trinajstić information content (AvgIpc) is 2.53. The standard InChI is InChI=1S/C20H20O/c1-3-14(2)20(21)13-19-17-10-6-4-8-15(17)12-16-9-5-7-11-18(16)19/h4-12,14H,3,13H2,1-2H3. The summed E-state index contributed by atoms with van der Waals surface area (Å²) in [4.78, 5) is 12.4. The van der Waals surface area contributed by atoms with Crippen LogP contribution in [-0.2, 0) is 11.2 Å². The molecule has 0 heterocycles. The van der Waals surface area contributed by atoms with Gasteiger partial charge in [0.15, 0.2) is 0 Å². The third kappa shape index (κ3) is 2.56. The molecule has 1 unspecified atom stereocenters. The van der Waals surface area contributed by atoms with Crippen molar-refractivity contribution in [3.63, 3.8) is 0 Å². The van der Waals surface area contributed by atoms with Gasteiger partial charge in [0.25, 0.3) is 0 Å². The van der Waals surface area contributed by atoms with Gasteiger partial charge in [-0.05, 0) is 39.6 Å². The minimum absolute atomic E-state index is 0.128. The third-order valence-electron chi connectivity index (χ3n) is 4.40. The van der Waals surface area contributed by atoms with Gasteiger partial charge in [-0.2, -0.15) is 0 Å². The van der Waals surface area contributed by atoms with Gasteiger partial charge in [0.1, 0.15) is 5.78 Å². The van der Waals surface area contributed by atoms with Gasteiger partial charge in [-0.1, -0.05) is 62.4 Å². The molecular weight excluding hydrogens is 256 g/mol. The first-order valence-corrected chi connectivity index (χ1v) is 7.62. The largest absolute Gasteiger partial charge is 0.299 e. The van der Waals surface area contributed by atoms with Crippen LogP contribution in [-0.4, -0.2) is 5.78 Å². The van der Waals surface area contributed by atoms with Gasteiger partial charge in [0.2, 0.25) is 0 Å². The molecule has 0 aliphatic heterocycles. The Bertz CT molecular complexity index is 747. The molecule has 0 aromatic heterocycles. The van der Waals surface area contributed by atoms with Crippen LogP contribution >= 0.6 is 0 Å². The van der Waals surface area contributed by atoms with Crippen LogP contribution in [0.1, 0.15) is 25.8 Å². The van der Waals surface area contributed by atoms with Crippen molar-refractivity contribution in [1.29, 1.82) is 0 Å². The summed E-state index contributed by atoms with van der Waals surface area (Å²) in [5, 5.41) is 4.83. The van der Waals surface area contributed by atoms with E-state index in [-0.39, 0.29) is 5.92 Å². The number of benzene rings is 3. The van der Waals surface area contributed by atoms with Gasteiger partial charge < -0.3 is 0 Å². The number of rotatable bonds is 4. The van der Waals surface area contributed by atoms with Crippen molar-refractivity contribution in [2.24, 2.45) is 5.92 Å². The molecule has 1 heteroatoms. The zero-order chi connectivity index (χ0) is 14.8. The Morgan fingerprint density at radius 2 is 1.48 bits per heavy atom. The predicted octanol–water partition coefficient (Wildman–Crippen LogP) is 5.15. The zero-order valence-corrected chi connectivity index (χ0v) is 12.6. The minimum atomic E-state index is 0.128. The molecule has 0 spiro atoms. The summed E-state index contributed by atoms with van der Waals surface area (Å²) in [6.45, 7) is 4.10. The highest BCUT2D eigenvalue weighted by Crippen LogP contribution is 2.29. The highest BCUT2D eigenvalue weighted by Gasteiger charge is 2.15. The van der Waals surface area contributed by atoms with Crippen molar-refractivity contribution < 1.29 is 4.79 Å². The molecule has 0 amide bonds. The van der Waals surface area contributed by atoms with E-state index in [2.05, 4.69) is 49.4 Å². The first-order valence-electron chi connectivity index (χ1n) is 7.62. The molecule has 3 aromatic carbocycles. The van der Waals surface area contributed by atoms with Gasteiger partial charge in [-0.3, -0.25) is 4.79 Å². The van der Waals surface area contributed by atoms with Gasteiger partial charge in [-0.25, -0.2) is 0 Å². The molecule has 0 N–H and O–H groups in total. The Morgan fingerprint density at radius 1 is 0.952 bits per heavy atom. The number of hydrogen-bond acceptors (Lipinski definition) is 1. The lowest BCUT2D eigenvalue weighted by atomic mass is 9.90. The van der Waals surface area contributed by atoms with E-state index in [1.54, 1.807) is 0 Å². The van der Waals surface area contributed by atoms with Crippen LogP contribution in [0.3, 0.4) is 0 Å². The summed E-state index contributed by atoms with van der Waals surface area (Å²) < 4.78 is 0. The monoisotopic (exact) mass is 276 g/mol. The number of carbonyl (C=O) groups excluding carboxylic acids is 1. The lowest BCUT2D eigenvalue weighted by Crippen LogP contribution is -2.13. The van der Waals surface area contributed by atoms with E-state index in [0.717, 1.165) is 6.42 Å². The molecule has 1 atom stereocenters. The molecule has 0 fully saturated rings.